The number of esters is 1. The molecule has 152 valence electrons. The van der Waals surface area contributed by atoms with Gasteiger partial charge in [-0.25, -0.2) is 9.78 Å². The third-order valence-corrected chi connectivity index (χ3v) is 6.25. The van der Waals surface area contributed by atoms with Gasteiger partial charge in [-0.3, -0.25) is 0 Å². The van der Waals surface area contributed by atoms with Gasteiger partial charge >= 0.3 is 5.97 Å². The van der Waals surface area contributed by atoms with Crippen LogP contribution in [0.2, 0.25) is 10.0 Å². The van der Waals surface area contributed by atoms with Crippen LogP contribution >= 0.6 is 35.0 Å². The van der Waals surface area contributed by atoms with Crippen molar-refractivity contribution < 1.29 is 9.53 Å². The van der Waals surface area contributed by atoms with Crippen molar-refractivity contribution in [2.24, 2.45) is 0 Å². The highest BCUT2D eigenvalue weighted by Gasteiger charge is 2.20. The van der Waals surface area contributed by atoms with Crippen molar-refractivity contribution >= 4 is 51.8 Å². The topological polar surface area (TPSA) is 63.0 Å². The number of hydrogen-bond donors (Lipinski definition) is 0. The van der Waals surface area contributed by atoms with Crippen LogP contribution in [0.25, 0.3) is 10.9 Å². The zero-order valence-corrected chi connectivity index (χ0v) is 18.6. The van der Waals surface area contributed by atoms with Crippen molar-refractivity contribution in [1.82, 2.24) is 4.98 Å². The summed E-state index contributed by atoms with van der Waals surface area (Å²) < 4.78 is 5.72. The molecule has 7 heteroatoms. The standard InChI is InChI=1S/C24H14Cl2N2O2S/c1-14-10-11-16-18(25)12-19(26)23(22(16)28-14)30-24(29)17-7-3-5-9-21(17)31-20-8-4-2-6-15(20)13-27/h2-12H,1H3. The second-order valence-corrected chi connectivity index (χ2v) is 8.51. The number of rotatable bonds is 4. The Hall–Kier alpha value is -3.04. The molecule has 0 fully saturated rings. The van der Waals surface area contributed by atoms with Crippen molar-refractivity contribution in [3.8, 4) is 11.8 Å². The Kier molecular flexibility index (Phi) is 6.15. The van der Waals surface area contributed by atoms with Crippen molar-refractivity contribution in [2.75, 3.05) is 0 Å². The molecule has 4 rings (SSSR count). The molecule has 0 saturated carbocycles. The Bertz CT molecular complexity index is 1370. The van der Waals surface area contributed by atoms with Crippen molar-refractivity contribution in [2.45, 2.75) is 16.7 Å². The second-order valence-electron chi connectivity index (χ2n) is 6.61. The lowest BCUT2D eigenvalue weighted by Crippen LogP contribution is -2.11. The average Bonchev–Trinajstić information content (AvgIpc) is 2.77. The molecule has 0 spiro atoms. The SMILES string of the molecule is Cc1ccc2c(Cl)cc(Cl)c(OC(=O)c3ccccc3Sc3ccccc3C#N)c2n1. The molecule has 4 nitrogen and oxygen atoms in total. The van der Waals surface area contributed by atoms with Crippen LogP contribution in [0.3, 0.4) is 0 Å². The molecule has 0 aliphatic rings. The van der Waals surface area contributed by atoms with Crippen LogP contribution in [-0.4, -0.2) is 11.0 Å². The molecule has 4 aromatic rings. The summed E-state index contributed by atoms with van der Waals surface area (Å²) in [6, 6.07) is 21.6. The van der Waals surface area contributed by atoms with Gasteiger partial charge in [0, 0.05) is 20.9 Å². The van der Waals surface area contributed by atoms with Gasteiger partial charge < -0.3 is 4.74 Å². The van der Waals surface area contributed by atoms with Crippen LogP contribution in [0.5, 0.6) is 5.75 Å². The number of carbonyl (C=O) groups is 1. The zero-order valence-electron chi connectivity index (χ0n) is 16.2. The summed E-state index contributed by atoms with van der Waals surface area (Å²) in [5.41, 5.74) is 2.05. The number of benzene rings is 3. The highest BCUT2D eigenvalue weighted by Crippen LogP contribution is 2.39. The van der Waals surface area contributed by atoms with E-state index in [0.717, 1.165) is 10.6 Å². The second kappa shape index (κ2) is 8.99. The van der Waals surface area contributed by atoms with Crippen LogP contribution in [0, 0.1) is 18.3 Å². The van der Waals surface area contributed by atoms with Gasteiger partial charge in [-0.2, -0.15) is 5.26 Å². The summed E-state index contributed by atoms with van der Waals surface area (Å²) in [5.74, 6) is -0.418. The zero-order chi connectivity index (χ0) is 22.0. The lowest BCUT2D eigenvalue weighted by Gasteiger charge is -2.13. The van der Waals surface area contributed by atoms with Gasteiger partial charge in [-0.05, 0) is 49.4 Å². The van der Waals surface area contributed by atoms with Gasteiger partial charge in [0.2, 0.25) is 0 Å². The Morgan fingerprint density at radius 2 is 1.71 bits per heavy atom. The fraction of sp³-hybridized carbons (Fsp3) is 0.0417. The lowest BCUT2D eigenvalue weighted by atomic mass is 10.2. The Morgan fingerprint density at radius 1 is 1.00 bits per heavy atom. The number of aromatic nitrogens is 1. The minimum absolute atomic E-state index is 0.159. The van der Waals surface area contributed by atoms with Gasteiger partial charge in [0.1, 0.15) is 11.6 Å². The Morgan fingerprint density at radius 3 is 2.48 bits per heavy atom. The number of pyridine rings is 1. The van der Waals surface area contributed by atoms with Gasteiger partial charge in [0.05, 0.1) is 21.2 Å². The van der Waals surface area contributed by atoms with Gasteiger partial charge in [0.15, 0.2) is 5.75 Å². The Labute approximate surface area is 193 Å². The predicted molar refractivity (Wildman–Crippen MR) is 123 cm³/mol. The molecule has 0 N–H and O–H groups in total. The molecule has 0 saturated heterocycles. The molecular formula is C24H14Cl2N2O2S. The number of nitrogens with zero attached hydrogens (tertiary/aromatic N) is 2. The average molecular weight is 465 g/mol. The maximum atomic E-state index is 13.1. The molecule has 0 aliphatic carbocycles. The molecule has 0 aliphatic heterocycles. The van der Waals surface area contributed by atoms with E-state index in [-0.39, 0.29) is 10.8 Å². The summed E-state index contributed by atoms with van der Waals surface area (Å²) in [6.07, 6.45) is 0. The fourth-order valence-corrected chi connectivity index (χ4v) is 4.60. The maximum absolute atomic E-state index is 13.1. The van der Waals surface area contributed by atoms with E-state index < -0.39 is 5.97 Å². The number of nitriles is 1. The molecule has 0 atom stereocenters. The number of halogens is 2. The highest BCUT2D eigenvalue weighted by molar-refractivity contribution is 7.99. The van der Waals surface area contributed by atoms with E-state index in [1.807, 2.05) is 37.3 Å². The van der Waals surface area contributed by atoms with Crippen molar-refractivity contribution in [1.29, 1.82) is 5.26 Å². The molecule has 3 aromatic carbocycles. The lowest BCUT2D eigenvalue weighted by molar-refractivity contribution is 0.0733. The minimum atomic E-state index is -0.577. The minimum Gasteiger partial charge on any atom is -0.419 e. The molecule has 0 amide bonds. The number of carbonyl (C=O) groups excluding carboxylic acids is 1. The summed E-state index contributed by atoms with van der Waals surface area (Å²) in [5, 5.41) is 10.6. The van der Waals surface area contributed by atoms with Gasteiger partial charge in [-0.1, -0.05) is 59.2 Å². The van der Waals surface area contributed by atoms with E-state index in [1.165, 1.54) is 17.8 Å². The summed E-state index contributed by atoms with van der Waals surface area (Å²) in [7, 11) is 0. The van der Waals surface area contributed by atoms with Gasteiger partial charge in [0.25, 0.3) is 0 Å². The van der Waals surface area contributed by atoms with E-state index in [2.05, 4.69) is 11.1 Å². The van der Waals surface area contributed by atoms with E-state index in [4.69, 9.17) is 27.9 Å². The molecule has 1 heterocycles. The molecule has 31 heavy (non-hydrogen) atoms. The van der Waals surface area contributed by atoms with Crippen LogP contribution in [0.4, 0.5) is 0 Å². The predicted octanol–water partition coefficient (Wildman–Crippen LogP) is 7.09. The normalized spacial score (nSPS) is 10.6. The first-order valence-corrected chi connectivity index (χ1v) is 10.8. The van der Waals surface area contributed by atoms with Crippen molar-refractivity contribution in [3.05, 3.63) is 93.6 Å². The summed E-state index contributed by atoms with van der Waals surface area (Å²) >= 11 is 14.0. The van der Waals surface area contributed by atoms with E-state index >= 15 is 0 Å². The first-order chi connectivity index (χ1) is 15.0. The van der Waals surface area contributed by atoms with E-state index in [0.29, 0.717) is 31.9 Å². The van der Waals surface area contributed by atoms with Crippen molar-refractivity contribution in [3.63, 3.8) is 0 Å². The van der Waals surface area contributed by atoms with E-state index in [1.54, 1.807) is 30.3 Å². The molecule has 0 radical (unpaired) electrons. The van der Waals surface area contributed by atoms with Gasteiger partial charge in [-0.15, -0.1) is 0 Å². The first kappa shape index (κ1) is 21.2. The third kappa shape index (κ3) is 4.38. The van der Waals surface area contributed by atoms with Crippen LogP contribution in [0.15, 0.2) is 76.5 Å². The molecule has 1 aromatic heterocycles. The molecule has 0 unspecified atom stereocenters. The fourth-order valence-electron chi connectivity index (χ4n) is 3.03. The highest BCUT2D eigenvalue weighted by atomic mass is 35.5. The van der Waals surface area contributed by atoms with Crippen LogP contribution in [-0.2, 0) is 0 Å². The summed E-state index contributed by atoms with van der Waals surface area (Å²) in [6.45, 7) is 1.83. The number of aryl methyl sites for hydroxylation is 1. The Balaban J connectivity index is 1.73. The van der Waals surface area contributed by atoms with Crippen LogP contribution in [0.1, 0.15) is 21.6 Å². The maximum Gasteiger partial charge on any atom is 0.344 e. The number of hydrogen-bond acceptors (Lipinski definition) is 5. The quantitative estimate of drug-likeness (QED) is 0.238. The monoisotopic (exact) mass is 464 g/mol. The molecular weight excluding hydrogens is 451 g/mol. The number of fused-ring (bicyclic) bond motifs is 1. The first-order valence-electron chi connectivity index (χ1n) is 9.21. The smallest absolute Gasteiger partial charge is 0.344 e. The number of ether oxygens (including phenoxy) is 1. The van der Waals surface area contributed by atoms with Crippen LogP contribution < -0.4 is 4.74 Å². The largest absolute Gasteiger partial charge is 0.419 e. The van der Waals surface area contributed by atoms with E-state index in [9.17, 15) is 10.1 Å². The summed E-state index contributed by atoms with van der Waals surface area (Å²) in [4.78, 5) is 19.0. The third-order valence-electron chi connectivity index (χ3n) is 4.51. The molecule has 0 bridgehead atoms.